The molecule has 236 valence electrons. The normalized spacial score (nSPS) is 13.9. The molecular formula is C28H43N9O6. The summed E-state index contributed by atoms with van der Waals surface area (Å²) in [7, 11) is 0. The molecule has 15 nitrogen and oxygen atoms in total. The van der Waals surface area contributed by atoms with Gasteiger partial charge in [-0.3, -0.25) is 24.2 Å². The molecule has 4 amide bonds. The zero-order valence-electron chi connectivity index (χ0n) is 24.5. The molecule has 2 rings (SSSR count). The van der Waals surface area contributed by atoms with Crippen molar-refractivity contribution in [2.45, 2.75) is 76.5 Å². The number of aliphatic imine (C=N–C) groups is 1. The number of nitrogens with zero attached hydrogens (tertiary/aromatic N) is 1. The van der Waals surface area contributed by atoms with E-state index in [-0.39, 0.29) is 44.1 Å². The van der Waals surface area contributed by atoms with Crippen molar-refractivity contribution in [2.75, 3.05) is 6.54 Å². The Hall–Kier alpha value is -4.66. The van der Waals surface area contributed by atoms with Crippen LogP contribution in [0.5, 0.6) is 0 Å². The first-order valence-electron chi connectivity index (χ1n) is 14.1. The summed E-state index contributed by atoms with van der Waals surface area (Å²) in [6, 6.07) is 2.72. The first kappa shape index (κ1) is 34.5. The molecule has 4 atom stereocenters. The van der Waals surface area contributed by atoms with Crippen LogP contribution in [0.3, 0.4) is 0 Å². The molecule has 4 unspecified atom stereocenters. The number of hydrogen-bond acceptors (Lipinski definition) is 7. The number of aromatic amines is 1. The second kappa shape index (κ2) is 16.7. The van der Waals surface area contributed by atoms with E-state index in [2.05, 4.69) is 25.9 Å². The minimum Gasteiger partial charge on any atom is -0.480 e. The molecular weight excluding hydrogens is 558 g/mol. The van der Waals surface area contributed by atoms with Crippen molar-refractivity contribution in [3.8, 4) is 0 Å². The van der Waals surface area contributed by atoms with Gasteiger partial charge in [0.05, 0.1) is 6.04 Å². The fraction of sp³-hybridized carbons (Fsp3) is 0.500. The molecule has 0 fully saturated rings. The number of hydrogen-bond donors (Lipinski definition) is 9. The molecule has 0 saturated carbocycles. The smallest absolute Gasteiger partial charge is 0.326 e. The minimum atomic E-state index is -1.42. The highest BCUT2D eigenvalue weighted by Crippen LogP contribution is 2.19. The zero-order chi connectivity index (χ0) is 32.1. The molecule has 0 aliphatic heterocycles. The lowest BCUT2D eigenvalue weighted by atomic mass is 10.0. The van der Waals surface area contributed by atoms with Crippen molar-refractivity contribution in [3.63, 3.8) is 0 Å². The number of primary amides is 1. The van der Waals surface area contributed by atoms with Crippen molar-refractivity contribution in [2.24, 2.45) is 33.8 Å². The second-order valence-electron chi connectivity index (χ2n) is 10.8. The van der Waals surface area contributed by atoms with E-state index >= 15 is 0 Å². The molecule has 0 spiro atoms. The van der Waals surface area contributed by atoms with E-state index in [1.165, 1.54) is 0 Å². The molecule has 1 aromatic carbocycles. The van der Waals surface area contributed by atoms with Gasteiger partial charge in [-0.05, 0) is 43.2 Å². The Morgan fingerprint density at radius 1 is 0.907 bits per heavy atom. The van der Waals surface area contributed by atoms with Gasteiger partial charge in [0.15, 0.2) is 5.96 Å². The third-order valence-electron chi connectivity index (χ3n) is 6.67. The van der Waals surface area contributed by atoms with E-state index in [0.717, 1.165) is 10.9 Å². The lowest BCUT2D eigenvalue weighted by molar-refractivity contribution is -0.142. The van der Waals surface area contributed by atoms with Crippen LogP contribution in [-0.2, 0) is 30.4 Å². The number of amides is 4. The van der Waals surface area contributed by atoms with E-state index in [1.54, 1.807) is 6.20 Å². The van der Waals surface area contributed by atoms with Crippen LogP contribution in [0.1, 0.15) is 51.5 Å². The maximum absolute atomic E-state index is 13.6. The van der Waals surface area contributed by atoms with Crippen LogP contribution >= 0.6 is 0 Å². The van der Waals surface area contributed by atoms with Crippen molar-refractivity contribution in [1.82, 2.24) is 20.9 Å². The minimum absolute atomic E-state index is 0.00866. The summed E-state index contributed by atoms with van der Waals surface area (Å²) in [5, 5.41) is 18.2. The molecule has 15 heteroatoms. The molecule has 13 N–H and O–H groups in total. The third kappa shape index (κ3) is 11.6. The van der Waals surface area contributed by atoms with Gasteiger partial charge in [-0.15, -0.1) is 0 Å². The Morgan fingerprint density at radius 3 is 2.16 bits per heavy atom. The molecule has 0 bridgehead atoms. The average molecular weight is 602 g/mol. The Morgan fingerprint density at radius 2 is 1.53 bits per heavy atom. The zero-order valence-corrected chi connectivity index (χ0v) is 24.5. The number of benzene rings is 1. The average Bonchev–Trinajstić information content (AvgIpc) is 3.33. The van der Waals surface area contributed by atoms with Crippen molar-refractivity contribution in [3.05, 3.63) is 36.0 Å². The summed E-state index contributed by atoms with van der Waals surface area (Å²) in [5.74, 6) is -4.09. The molecule has 0 saturated heterocycles. The molecule has 2 aromatic rings. The van der Waals surface area contributed by atoms with Crippen LogP contribution in [0.25, 0.3) is 10.9 Å². The van der Waals surface area contributed by atoms with Crippen LogP contribution in [-0.4, -0.2) is 76.4 Å². The SMILES string of the molecule is CC(C)CC(N)C(=O)NC(CCCN=C(N)N)C(=O)NC(Cc1c[nH]c2ccccc12)C(=O)NC(CCC(N)=O)C(=O)O. The number of nitrogens with one attached hydrogen (secondary N) is 4. The first-order valence-corrected chi connectivity index (χ1v) is 14.1. The number of aliphatic carboxylic acids is 1. The number of nitrogens with two attached hydrogens (primary N) is 4. The number of carbonyl (C=O) groups excluding carboxylic acids is 4. The van der Waals surface area contributed by atoms with E-state index in [1.807, 2.05) is 38.1 Å². The molecule has 0 radical (unpaired) electrons. The predicted molar refractivity (Wildman–Crippen MR) is 161 cm³/mol. The number of guanidine groups is 1. The van der Waals surface area contributed by atoms with Gasteiger partial charge in [0.25, 0.3) is 0 Å². The van der Waals surface area contributed by atoms with Gasteiger partial charge in [0.1, 0.15) is 18.1 Å². The second-order valence-corrected chi connectivity index (χ2v) is 10.8. The van der Waals surface area contributed by atoms with Crippen LogP contribution < -0.4 is 38.9 Å². The van der Waals surface area contributed by atoms with Gasteiger partial charge in [-0.25, -0.2) is 4.79 Å². The van der Waals surface area contributed by atoms with Crippen molar-refractivity contribution < 1.29 is 29.1 Å². The quantitative estimate of drug-likeness (QED) is 0.0571. The van der Waals surface area contributed by atoms with E-state index in [9.17, 15) is 29.1 Å². The highest BCUT2D eigenvalue weighted by molar-refractivity contribution is 5.95. The lowest BCUT2D eigenvalue weighted by Crippen LogP contribution is -2.57. The standard InChI is InChI=1S/C28H43N9O6/c1-15(2)12-18(29)24(39)35-20(8-5-11-33-28(31)32)25(40)37-22(13-16-14-34-19-7-4-3-6-17(16)19)26(41)36-21(27(42)43)9-10-23(30)38/h3-4,6-7,14-15,18,20-22,34H,5,8-13,29H2,1-2H3,(H2,30,38)(H,35,39)(H,36,41)(H,37,40)(H,42,43)(H4,31,32,33). The van der Waals surface area contributed by atoms with Crippen LogP contribution in [0.2, 0.25) is 0 Å². The van der Waals surface area contributed by atoms with E-state index in [0.29, 0.717) is 18.4 Å². The monoisotopic (exact) mass is 601 g/mol. The number of fused-ring (bicyclic) bond motifs is 1. The van der Waals surface area contributed by atoms with Crippen LogP contribution in [0, 0.1) is 5.92 Å². The van der Waals surface area contributed by atoms with Gasteiger partial charge < -0.3 is 49.0 Å². The fourth-order valence-corrected chi connectivity index (χ4v) is 4.48. The third-order valence-corrected chi connectivity index (χ3v) is 6.67. The molecule has 1 heterocycles. The van der Waals surface area contributed by atoms with Crippen molar-refractivity contribution in [1.29, 1.82) is 0 Å². The fourth-order valence-electron chi connectivity index (χ4n) is 4.48. The maximum Gasteiger partial charge on any atom is 0.326 e. The van der Waals surface area contributed by atoms with Gasteiger partial charge in [-0.1, -0.05) is 32.0 Å². The highest BCUT2D eigenvalue weighted by Gasteiger charge is 2.31. The Kier molecular flexibility index (Phi) is 13.4. The molecule has 0 aliphatic rings. The number of carboxylic acid groups (broad SMARTS) is 1. The number of para-hydroxylation sites is 1. The number of H-pyrrole nitrogens is 1. The summed E-state index contributed by atoms with van der Waals surface area (Å²) in [6.45, 7) is 4.02. The van der Waals surface area contributed by atoms with Crippen molar-refractivity contribution >= 4 is 46.5 Å². The summed E-state index contributed by atoms with van der Waals surface area (Å²) in [5.41, 5.74) is 23.5. The first-order chi connectivity index (χ1) is 20.3. The van der Waals surface area contributed by atoms with E-state index in [4.69, 9.17) is 22.9 Å². The largest absolute Gasteiger partial charge is 0.480 e. The van der Waals surface area contributed by atoms with E-state index < -0.39 is 53.8 Å². The van der Waals surface area contributed by atoms with Gasteiger partial charge in [0, 0.05) is 36.5 Å². The number of rotatable bonds is 18. The summed E-state index contributed by atoms with van der Waals surface area (Å²) in [4.78, 5) is 69.9. The van der Waals surface area contributed by atoms with Gasteiger partial charge in [-0.2, -0.15) is 0 Å². The molecule has 43 heavy (non-hydrogen) atoms. The predicted octanol–water partition coefficient (Wildman–Crippen LogP) is -1.06. The van der Waals surface area contributed by atoms with Crippen LogP contribution in [0.15, 0.2) is 35.5 Å². The Bertz CT molecular complexity index is 1300. The lowest BCUT2D eigenvalue weighted by Gasteiger charge is -2.25. The highest BCUT2D eigenvalue weighted by atomic mass is 16.4. The van der Waals surface area contributed by atoms with Crippen LogP contribution in [0.4, 0.5) is 0 Å². The summed E-state index contributed by atoms with van der Waals surface area (Å²) >= 11 is 0. The maximum atomic E-state index is 13.6. The topological polar surface area (TPSA) is 274 Å². The number of carboxylic acids is 1. The summed E-state index contributed by atoms with van der Waals surface area (Å²) < 4.78 is 0. The molecule has 1 aromatic heterocycles. The Labute approximate surface area is 249 Å². The molecule has 0 aliphatic carbocycles. The number of aromatic nitrogens is 1. The Balaban J connectivity index is 2.33. The van der Waals surface area contributed by atoms with Gasteiger partial charge >= 0.3 is 5.97 Å². The number of carbonyl (C=O) groups is 5. The summed E-state index contributed by atoms with van der Waals surface area (Å²) in [6.07, 6.45) is 2.02. The van der Waals surface area contributed by atoms with Gasteiger partial charge in [0.2, 0.25) is 23.6 Å².